The van der Waals surface area contributed by atoms with E-state index in [-0.39, 0.29) is 24.0 Å². The number of aromatic hydroxyl groups is 1. The van der Waals surface area contributed by atoms with Crippen molar-refractivity contribution in [1.29, 1.82) is 0 Å². The lowest BCUT2D eigenvalue weighted by atomic mass is 10.2. The summed E-state index contributed by atoms with van der Waals surface area (Å²) in [7, 11) is 0. The Balaban J connectivity index is 1.71. The van der Waals surface area contributed by atoms with Crippen LogP contribution in [0.3, 0.4) is 0 Å². The van der Waals surface area contributed by atoms with Gasteiger partial charge in [-0.3, -0.25) is 14.8 Å². The minimum absolute atomic E-state index is 0.00763. The standard InChI is InChI=1S/C20H19N3O3/c24-18-5-1-2-6-19(18)26-15-20(25)23(13-16-7-10-21-11-8-16)14-17-4-3-9-22-12-17/h1-12,24H,13-15H2. The molecule has 0 saturated carbocycles. The van der Waals surface area contributed by atoms with Crippen LogP contribution in [0.1, 0.15) is 11.1 Å². The van der Waals surface area contributed by atoms with Crippen LogP contribution in [0.25, 0.3) is 0 Å². The highest BCUT2D eigenvalue weighted by atomic mass is 16.5. The third kappa shape index (κ3) is 4.80. The van der Waals surface area contributed by atoms with Crippen molar-refractivity contribution >= 4 is 5.91 Å². The molecule has 0 atom stereocenters. The summed E-state index contributed by atoms with van der Waals surface area (Å²) in [6.07, 6.45) is 6.82. The van der Waals surface area contributed by atoms with Crippen LogP contribution in [0.4, 0.5) is 0 Å². The Morgan fingerprint density at radius 2 is 1.69 bits per heavy atom. The number of rotatable bonds is 7. The topological polar surface area (TPSA) is 75.6 Å². The molecule has 3 aromatic rings. The minimum atomic E-state index is -0.186. The summed E-state index contributed by atoms with van der Waals surface area (Å²) in [5.41, 5.74) is 1.90. The first kappa shape index (κ1) is 17.4. The number of pyridine rings is 2. The molecule has 0 radical (unpaired) electrons. The summed E-state index contributed by atoms with van der Waals surface area (Å²) >= 11 is 0. The molecular formula is C20H19N3O3. The summed E-state index contributed by atoms with van der Waals surface area (Å²) in [6.45, 7) is 0.683. The van der Waals surface area contributed by atoms with Gasteiger partial charge in [-0.15, -0.1) is 0 Å². The van der Waals surface area contributed by atoms with Gasteiger partial charge in [-0.2, -0.15) is 0 Å². The number of phenolic OH excluding ortho intramolecular Hbond substituents is 1. The van der Waals surface area contributed by atoms with E-state index in [2.05, 4.69) is 9.97 Å². The van der Waals surface area contributed by atoms with Crippen molar-refractivity contribution < 1.29 is 14.6 Å². The molecule has 1 N–H and O–H groups in total. The molecule has 0 saturated heterocycles. The number of benzene rings is 1. The first-order chi connectivity index (χ1) is 12.7. The van der Waals surface area contributed by atoms with Crippen LogP contribution >= 0.6 is 0 Å². The maximum atomic E-state index is 12.7. The normalized spacial score (nSPS) is 10.3. The van der Waals surface area contributed by atoms with Crippen LogP contribution in [0.2, 0.25) is 0 Å². The second-order valence-electron chi connectivity index (χ2n) is 5.72. The predicted octanol–water partition coefficient (Wildman–Crippen LogP) is 2.79. The number of para-hydroxylation sites is 2. The highest BCUT2D eigenvalue weighted by molar-refractivity contribution is 5.77. The van der Waals surface area contributed by atoms with Crippen LogP contribution in [0.5, 0.6) is 11.5 Å². The molecule has 3 rings (SSSR count). The van der Waals surface area contributed by atoms with Crippen molar-refractivity contribution in [3.05, 3.63) is 84.4 Å². The molecule has 6 nitrogen and oxygen atoms in total. The quantitative estimate of drug-likeness (QED) is 0.710. The number of hydrogen-bond donors (Lipinski definition) is 1. The molecule has 1 aromatic carbocycles. The fraction of sp³-hybridized carbons (Fsp3) is 0.150. The van der Waals surface area contributed by atoms with Gasteiger partial charge in [0.25, 0.3) is 5.91 Å². The average Bonchev–Trinajstić information content (AvgIpc) is 2.68. The zero-order valence-electron chi connectivity index (χ0n) is 14.2. The first-order valence-electron chi connectivity index (χ1n) is 8.19. The molecule has 0 aliphatic carbocycles. The van der Waals surface area contributed by atoms with Crippen LogP contribution in [0.15, 0.2) is 73.3 Å². The van der Waals surface area contributed by atoms with Gasteiger partial charge in [0.05, 0.1) is 0 Å². The highest BCUT2D eigenvalue weighted by Gasteiger charge is 2.16. The van der Waals surface area contributed by atoms with E-state index in [1.807, 2.05) is 24.3 Å². The fourth-order valence-corrected chi connectivity index (χ4v) is 2.46. The predicted molar refractivity (Wildman–Crippen MR) is 96.3 cm³/mol. The molecule has 6 heteroatoms. The minimum Gasteiger partial charge on any atom is -0.504 e. The maximum Gasteiger partial charge on any atom is 0.261 e. The van der Waals surface area contributed by atoms with Gasteiger partial charge >= 0.3 is 0 Å². The van der Waals surface area contributed by atoms with Gasteiger partial charge in [0.1, 0.15) is 0 Å². The summed E-state index contributed by atoms with van der Waals surface area (Å²) in [5.74, 6) is 0.105. The molecule has 132 valence electrons. The van der Waals surface area contributed by atoms with E-state index in [0.717, 1.165) is 11.1 Å². The van der Waals surface area contributed by atoms with Crippen molar-refractivity contribution in [3.63, 3.8) is 0 Å². The number of aromatic nitrogens is 2. The Kier molecular flexibility index (Phi) is 5.77. The maximum absolute atomic E-state index is 12.7. The second-order valence-corrected chi connectivity index (χ2v) is 5.72. The molecule has 0 unspecified atom stereocenters. The summed E-state index contributed by atoms with van der Waals surface area (Å²) in [4.78, 5) is 22.5. The summed E-state index contributed by atoms with van der Waals surface area (Å²) < 4.78 is 5.49. The molecule has 0 fully saturated rings. The molecule has 2 aromatic heterocycles. The molecular weight excluding hydrogens is 330 g/mol. The Labute approximate surface area is 151 Å². The number of carbonyl (C=O) groups is 1. The van der Waals surface area contributed by atoms with E-state index in [4.69, 9.17) is 4.74 Å². The molecule has 2 heterocycles. The smallest absolute Gasteiger partial charge is 0.261 e. The van der Waals surface area contributed by atoms with Gasteiger partial charge in [-0.05, 0) is 41.5 Å². The van der Waals surface area contributed by atoms with Crippen molar-refractivity contribution in [1.82, 2.24) is 14.9 Å². The third-order valence-corrected chi connectivity index (χ3v) is 3.79. The third-order valence-electron chi connectivity index (χ3n) is 3.79. The second kappa shape index (κ2) is 8.62. The van der Waals surface area contributed by atoms with Gasteiger partial charge in [-0.25, -0.2) is 0 Å². The first-order valence-corrected chi connectivity index (χ1v) is 8.19. The van der Waals surface area contributed by atoms with Gasteiger partial charge in [0, 0.05) is 37.9 Å². The zero-order chi connectivity index (χ0) is 18.2. The average molecular weight is 349 g/mol. The molecule has 0 aliphatic rings. The van der Waals surface area contributed by atoms with Gasteiger partial charge in [0.2, 0.25) is 0 Å². The molecule has 0 spiro atoms. The lowest BCUT2D eigenvalue weighted by molar-refractivity contribution is -0.134. The van der Waals surface area contributed by atoms with Crippen molar-refractivity contribution in [2.45, 2.75) is 13.1 Å². The lowest BCUT2D eigenvalue weighted by Crippen LogP contribution is -2.34. The zero-order valence-corrected chi connectivity index (χ0v) is 14.2. The van der Waals surface area contributed by atoms with Crippen molar-refractivity contribution in [2.75, 3.05) is 6.61 Å². The van der Waals surface area contributed by atoms with Crippen LogP contribution in [-0.2, 0) is 17.9 Å². The monoisotopic (exact) mass is 349 g/mol. The number of carbonyl (C=O) groups excluding carboxylic acids is 1. The highest BCUT2D eigenvalue weighted by Crippen LogP contribution is 2.24. The molecule has 0 aliphatic heterocycles. The number of hydrogen-bond acceptors (Lipinski definition) is 5. The van der Waals surface area contributed by atoms with Crippen molar-refractivity contribution in [2.24, 2.45) is 0 Å². The summed E-state index contributed by atoms with van der Waals surface area (Å²) in [6, 6.07) is 14.1. The number of phenols is 1. The number of amides is 1. The van der Waals surface area contributed by atoms with Crippen LogP contribution < -0.4 is 4.74 Å². The van der Waals surface area contributed by atoms with Gasteiger partial charge in [0.15, 0.2) is 18.1 Å². The van der Waals surface area contributed by atoms with Crippen LogP contribution in [-0.4, -0.2) is 32.5 Å². The number of nitrogens with zero attached hydrogens (tertiary/aromatic N) is 3. The van der Waals surface area contributed by atoms with E-state index in [1.165, 1.54) is 6.07 Å². The number of ether oxygens (including phenoxy) is 1. The Bertz CT molecular complexity index is 800. The molecule has 0 bridgehead atoms. The van der Waals surface area contributed by atoms with E-state index in [0.29, 0.717) is 13.1 Å². The van der Waals surface area contributed by atoms with Gasteiger partial charge < -0.3 is 14.7 Å². The van der Waals surface area contributed by atoms with Crippen LogP contribution in [0, 0.1) is 0 Å². The Hall–Kier alpha value is -3.41. The van der Waals surface area contributed by atoms with E-state index < -0.39 is 0 Å². The van der Waals surface area contributed by atoms with Crippen molar-refractivity contribution in [3.8, 4) is 11.5 Å². The molecule has 26 heavy (non-hydrogen) atoms. The van der Waals surface area contributed by atoms with E-state index in [9.17, 15) is 9.90 Å². The summed E-state index contributed by atoms with van der Waals surface area (Å²) in [5, 5.41) is 9.77. The SMILES string of the molecule is O=C(COc1ccccc1O)N(Cc1ccncc1)Cc1cccnc1. The van der Waals surface area contributed by atoms with E-state index in [1.54, 1.807) is 47.9 Å². The van der Waals surface area contributed by atoms with E-state index >= 15 is 0 Å². The molecule has 1 amide bonds. The Morgan fingerprint density at radius 3 is 2.42 bits per heavy atom. The van der Waals surface area contributed by atoms with Gasteiger partial charge in [-0.1, -0.05) is 18.2 Å². The Morgan fingerprint density at radius 1 is 0.923 bits per heavy atom. The lowest BCUT2D eigenvalue weighted by Gasteiger charge is -2.23. The fourth-order valence-electron chi connectivity index (χ4n) is 2.46. The largest absolute Gasteiger partial charge is 0.504 e.